The van der Waals surface area contributed by atoms with E-state index in [2.05, 4.69) is 10.3 Å². The van der Waals surface area contributed by atoms with Crippen molar-refractivity contribution < 1.29 is 5.11 Å². The van der Waals surface area contributed by atoms with Crippen LogP contribution in [0.1, 0.15) is 28.8 Å². The number of benzene rings is 1. The van der Waals surface area contributed by atoms with E-state index in [0.717, 1.165) is 46.4 Å². The lowest BCUT2D eigenvalue weighted by atomic mass is 9.97. The highest BCUT2D eigenvalue weighted by Crippen LogP contribution is 2.39. The number of aryl methyl sites for hydroxylation is 2. The summed E-state index contributed by atoms with van der Waals surface area (Å²) in [5.74, 6) is 1.85. The van der Waals surface area contributed by atoms with Crippen LogP contribution < -0.4 is 11.1 Å². The SMILES string of the molecule is N[C@H](CNc1nc(-c2ccncc2)nc2sc3c(c12)CCCC3)Cc1ccc(O)cc1. The number of rotatable bonds is 6. The van der Waals surface area contributed by atoms with E-state index in [-0.39, 0.29) is 11.8 Å². The number of nitrogens with two attached hydrogens (primary N) is 1. The normalized spacial score (nSPS) is 14.4. The standard InChI is InChI=1S/C24H25N5OS/c25-17(13-15-5-7-18(30)8-6-15)14-27-23-21-19-3-1-2-4-20(19)31-24(21)29-22(28-23)16-9-11-26-12-10-16/h5-12,17,30H,1-4,13-14,25H2,(H,27,28,29)/t17-/m0/s1. The van der Waals surface area contributed by atoms with Crippen molar-refractivity contribution in [2.75, 3.05) is 11.9 Å². The second-order valence-corrected chi connectivity index (χ2v) is 9.12. The Morgan fingerprint density at radius 1 is 1.03 bits per heavy atom. The Balaban J connectivity index is 1.45. The molecule has 158 valence electrons. The summed E-state index contributed by atoms with van der Waals surface area (Å²) in [5, 5.41) is 14.2. The summed E-state index contributed by atoms with van der Waals surface area (Å²) < 4.78 is 0. The molecule has 0 amide bonds. The molecule has 0 unspecified atom stereocenters. The van der Waals surface area contributed by atoms with Crippen molar-refractivity contribution in [1.82, 2.24) is 15.0 Å². The number of pyridine rings is 1. The molecule has 4 aromatic rings. The largest absolute Gasteiger partial charge is 0.508 e. The Morgan fingerprint density at radius 2 is 1.81 bits per heavy atom. The molecule has 1 aliphatic carbocycles. The van der Waals surface area contributed by atoms with Gasteiger partial charge in [-0.25, -0.2) is 9.97 Å². The maximum atomic E-state index is 9.48. The van der Waals surface area contributed by atoms with Crippen molar-refractivity contribution >= 4 is 27.4 Å². The van der Waals surface area contributed by atoms with Crippen molar-refractivity contribution in [2.45, 2.75) is 38.1 Å². The summed E-state index contributed by atoms with van der Waals surface area (Å²) in [6, 6.07) is 11.0. The third-order valence-corrected chi connectivity index (χ3v) is 6.90. The third-order valence-electron chi connectivity index (χ3n) is 5.72. The molecular formula is C24H25N5OS. The van der Waals surface area contributed by atoms with Gasteiger partial charge in [0.25, 0.3) is 0 Å². The van der Waals surface area contributed by atoms with E-state index in [1.165, 1.54) is 23.3 Å². The van der Waals surface area contributed by atoms with E-state index in [1.807, 2.05) is 24.3 Å². The fourth-order valence-corrected chi connectivity index (χ4v) is 5.41. The molecule has 7 heteroatoms. The molecule has 0 spiro atoms. The second-order valence-electron chi connectivity index (χ2n) is 8.03. The number of aromatic nitrogens is 3. The fourth-order valence-electron chi connectivity index (χ4n) is 4.15. The molecule has 0 bridgehead atoms. The van der Waals surface area contributed by atoms with Gasteiger partial charge in [0.05, 0.1) is 5.39 Å². The van der Waals surface area contributed by atoms with Crippen molar-refractivity contribution in [1.29, 1.82) is 0 Å². The van der Waals surface area contributed by atoms with Gasteiger partial charge in [0, 0.05) is 35.4 Å². The first-order valence-corrected chi connectivity index (χ1v) is 11.5. The van der Waals surface area contributed by atoms with Gasteiger partial charge >= 0.3 is 0 Å². The van der Waals surface area contributed by atoms with E-state index in [1.54, 1.807) is 35.9 Å². The van der Waals surface area contributed by atoms with E-state index in [4.69, 9.17) is 15.7 Å². The zero-order valence-electron chi connectivity index (χ0n) is 17.2. The van der Waals surface area contributed by atoms with Gasteiger partial charge in [-0.2, -0.15) is 0 Å². The first-order valence-electron chi connectivity index (χ1n) is 10.7. The Kier molecular flexibility index (Phi) is 5.53. The molecule has 0 saturated heterocycles. The molecule has 0 radical (unpaired) electrons. The molecule has 31 heavy (non-hydrogen) atoms. The van der Waals surface area contributed by atoms with Crippen molar-refractivity contribution in [3.63, 3.8) is 0 Å². The summed E-state index contributed by atoms with van der Waals surface area (Å²) in [4.78, 5) is 16.4. The average Bonchev–Trinajstić information content (AvgIpc) is 3.18. The fraction of sp³-hybridized carbons (Fsp3) is 0.292. The van der Waals surface area contributed by atoms with Gasteiger partial charge < -0.3 is 16.2 Å². The van der Waals surface area contributed by atoms with E-state index >= 15 is 0 Å². The smallest absolute Gasteiger partial charge is 0.163 e. The molecular weight excluding hydrogens is 406 g/mol. The summed E-state index contributed by atoms with van der Waals surface area (Å²) in [5.41, 5.74) is 9.89. The number of aromatic hydroxyl groups is 1. The average molecular weight is 432 g/mol. The molecule has 3 heterocycles. The van der Waals surface area contributed by atoms with Crippen LogP contribution in [0.3, 0.4) is 0 Å². The highest BCUT2D eigenvalue weighted by Gasteiger charge is 2.22. The molecule has 0 aliphatic heterocycles. The van der Waals surface area contributed by atoms with Gasteiger partial charge in [-0.05, 0) is 67.5 Å². The summed E-state index contributed by atoms with van der Waals surface area (Å²) in [6.45, 7) is 0.605. The van der Waals surface area contributed by atoms with Crippen LogP contribution in [0, 0.1) is 0 Å². The van der Waals surface area contributed by atoms with Crippen LogP contribution in [0.5, 0.6) is 5.75 Å². The maximum Gasteiger partial charge on any atom is 0.163 e. The number of phenols is 1. The third kappa shape index (κ3) is 4.24. The van der Waals surface area contributed by atoms with Crippen LogP contribution in [0.25, 0.3) is 21.6 Å². The zero-order chi connectivity index (χ0) is 21.2. The van der Waals surface area contributed by atoms with Gasteiger partial charge in [0.15, 0.2) is 5.82 Å². The Bertz CT molecular complexity index is 1190. The Morgan fingerprint density at radius 3 is 2.61 bits per heavy atom. The number of anilines is 1. The maximum absolute atomic E-state index is 9.48. The lowest BCUT2D eigenvalue weighted by molar-refractivity contribution is 0.475. The summed E-state index contributed by atoms with van der Waals surface area (Å²) >= 11 is 1.80. The number of fused-ring (bicyclic) bond motifs is 3. The predicted octanol–water partition coefficient (Wildman–Crippen LogP) is 4.32. The van der Waals surface area contributed by atoms with Crippen LogP contribution in [0.15, 0.2) is 48.8 Å². The molecule has 4 N–H and O–H groups in total. The quantitative estimate of drug-likeness (QED) is 0.421. The van der Waals surface area contributed by atoms with E-state index in [9.17, 15) is 5.11 Å². The van der Waals surface area contributed by atoms with Gasteiger partial charge in [-0.1, -0.05) is 12.1 Å². The van der Waals surface area contributed by atoms with E-state index < -0.39 is 0 Å². The number of hydrogen-bond acceptors (Lipinski definition) is 7. The van der Waals surface area contributed by atoms with Crippen molar-refractivity contribution in [3.8, 4) is 17.1 Å². The number of nitrogens with one attached hydrogen (secondary N) is 1. The molecule has 1 aromatic carbocycles. The van der Waals surface area contributed by atoms with Gasteiger partial charge in [0.2, 0.25) is 0 Å². The molecule has 0 fully saturated rings. The molecule has 0 saturated carbocycles. The number of hydrogen-bond donors (Lipinski definition) is 3. The van der Waals surface area contributed by atoms with Crippen molar-refractivity contribution in [2.24, 2.45) is 5.73 Å². The van der Waals surface area contributed by atoms with Crippen molar-refractivity contribution in [3.05, 3.63) is 64.8 Å². The molecule has 3 aromatic heterocycles. The number of nitrogens with zero attached hydrogens (tertiary/aromatic N) is 3. The minimum atomic E-state index is -0.0756. The molecule has 5 rings (SSSR count). The van der Waals surface area contributed by atoms with Gasteiger partial charge in [-0.15, -0.1) is 11.3 Å². The highest BCUT2D eigenvalue weighted by molar-refractivity contribution is 7.19. The predicted molar refractivity (Wildman–Crippen MR) is 126 cm³/mol. The minimum absolute atomic E-state index is 0.0756. The first kappa shape index (κ1) is 19.9. The lowest BCUT2D eigenvalue weighted by Gasteiger charge is -2.16. The Labute approximate surface area is 185 Å². The van der Waals surface area contributed by atoms with Gasteiger partial charge in [0.1, 0.15) is 16.4 Å². The van der Waals surface area contributed by atoms with Gasteiger partial charge in [-0.3, -0.25) is 4.98 Å². The first-order chi connectivity index (χ1) is 15.2. The molecule has 1 atom stereocenters. The molecule has 1 aliphatic rings. The minimum Gasteiger partial charge on any atom is -0.508 e. The van der Waals surface area contributed by atoms with E-state index in [0.29, 0.717) is 12.4 Å². The lowest BCUT2D eigenvalue weighted by Crippen LogP contribution is -2.31. The number of phenolic OH excluding ortho intramolecular Hbond substituents is 1. The monoisotopic (exact) mass is 431 g/mol. The summed E-state index contributed by atoms with van der Waals surface area (Å²) in [7, 11) is 0. The van der Waals surface area contributed by atoms with Crippen LogP contribution in [-0.2, 0) is 19.3 Å². The number of thiophene rings is 1. The Hall–Kier alpha value is -3.03. The second kappa shape index (κ2) is 8.61. The topological polar surface area (TPSA) is 97.0 Å². The van der Waals surface area contributed by atoms with Crippen LogP contribution in [0.4, 0.5) is 5.82 Å². The van der Waals surface area contributed by atoms with Crippen LogP contribution >= 0.6 is 11.3 Å². The zero-order valence-corrected chi connectivity index (χ0v) is 18.0. The molecule has 6 nitrogen and oxygen atoms in total. The highest BCUT2D eigenvalue weighted by atomic mass is 32.1. The summed E-state index contributed by atoms with van der Waals surface area (Å²) in [6.07, 6.45) is 8.92. The van der Waals surface area contributed by atoms with Crippen LogP contribution in [-0.4, -0.2) is 32.6 Å². The van der Waals surface area contributed by atoms with Crippen LogP contribution in [0.2, 0.25) is 0 Å².